The van der Waals surface area contributed by atoms with Crippen molar-refractivity contribution in [3.05, 3.63) is 75.1 Å². The number of fused-ring (bicyclic) bond motifs is 1. The van der Waals surface area contributed by atoms with Gasteiger partial charge in [-0.25, -0.2) is 4.98 Å². The molecule has 0 aliphatic carbocycles. The lowest BCUT2D eigenvalue weighted by atomic mass is 10.1. The van der Waals surface area contributed by atoms with Crippen molar-refractivity contribution in [2.75, 3.05) is 11.9 Å². The van der Waals surface area contributed by atoms with Crippen molar-refractivity contribution in [3.8, 4) is 16.9 Å². The zero-order valence-corrected chi connectivity index (χ0v) is 18.5. The first-order valence-corrected chi connectivity index (χ1v) is 10.5. The van der Waals surface area contributed by atoms with Crippen molar-refractivity contribution in [2.45, 2.75) is 13.3 Å². The van der Waals surface area contributed by atoms with E-state index in [-0.39, 0.29) is 5.56 Å². The van der Waals surface area contributed by atoms with Gasteiger partial charge in [0, 0.05) is 29.9 Å². The van der Waals surface area contributed by atoms with E-state index in [1.807, 2.05) is 24.3 Å². The van der Waals surface area contributed by atoms with Crippen LogP contribution in [0.25, 0.3) is 22.2 Å². The van der Waals surface area contributed by atoms with Crippen LogP contribution in [0.3, 0.4) is 0 Å². The van der Waals surface area contributed by atoms with Gasteiger partial charge in [0.2, 0.25) is 5.95 Å². The van der Waals surface area contributed by atoms with Gasteiger partial charge in [-0.15, -0.1) is 0 Å². The van der Waals surface area contributed by atoms with Crippen molar-refractivity contribution < 1.29 is 4.74 Å². The van der Waals surface area contributed by atoms with Gasteiger partial charge >= 0.3 is 0 Å². The molecule has 4 rings (SSSR count). The third kappa shape index (κ3) is 4.36. The molecule has 4 aromatic rings. The Balaban J connectivity index is 1.69. The van der Waals surface area contributed by atoms with Crippen LogP contribution in [-0.2, 0) is 7.05 Å². The minimum Gasteiger partial charge on any atom is -0.494 e. The lowest BCUT2D eigenvalue weighted by Crippen LogP contribution is -2.20. The molecule has 2 heterocycles. The van der Waals surface area contributed by atoms with Crippen molar-refractivity contribution in [3.63, 3.8) is 0 Å². The fourth-order valence-corrected chi connectivity index (χ4v) is 3.83. The van der Waals surface area contributed by atoms with Gasteiger partial charge < -0.3 is 10.1 Å². The average molecular weight is 455 g/mol. The van der Waals surface area contributed by atoms with Crippen LogP contribution in [0.4, 0.5) is 11.6 Å². The maximum absolute atomic E-state index is 13.0. The van der Waals surface area contributed by atoms with Crippen LogP contribution in [-0.4, -0.2) is 21.1 Å². The molecule has 31 heavy (non-hydrogen) atoms. The number of halogens is 2. The predicted molar refractivity (Wildman–Crippen MR) is 126 cm³/mol. The SMILES string of the molecule is CCCOc1ccc(Nc2ncc3cc(-c4c(Cl)cccc4Cl)c(=O)n(C)c3n2)cc1. The third-order valence-corrected chi connectivity index (χ3v) is 5.39. The summed E-state index contributed by atoms with van der Waals surface area (Å²) in [4.78, 5) is 21.9. The highest BCUT2D eigenvalue weighted by Gasteiger charge is 2.16. The molecule has 0 aliphatic heterocycles. The Bertz CT molecular complexity index is 1280. The Morgan fingerprint density at radius 1 is 1.10 bits per heavy atom. The van der Waals surface area contributed by atoms with Crippen LogP contribution >= 0.6 is 23.2 Å². The molecule has 0 radical (unpaired) electrons. The topological polar surface area (TPSA) is 69.0 Å². The standard InChI is InChI=1S/C23H20Cl2N4O2/c1-3-11-31-16-9-7-15(8-10-16)27-23-26-13-14-12-17(22(30)29(2)21(14)28-23)20-18(24)5-4-6-19(20)25/h4-10,12-13H,3,11H2,1-2H3,(H,26,27,28). The highest BCUT2D eigenvalue weighted by molar-refractivity contribution is 6.39. The first-order valence-electron chi connectivity index (χ1n) is 9.79. The highest BCUT2D eigenvalue weighted by Crippen LogP contribution is 2.33. The molecule has 0 bridgehead atoms. The zero-order valence-electron chi connectivity index (χ0n) is 17.0. The van der Waals surface area contributed by atoms with Crippen molar-refractivity contribution in [1.29, 1.82) is 0 Å². The van der Waals surface area contributed by atoms with E-state index in [2.05, 4.69) is 22.2 Å². The second kappa shape index (κ2) is 8.96. The molecular weight excluding hydrogens is 435 g/mol. The van der Waals surface area contributed by atoms with Crippen LogP contribution in [0.5, 0.6) is 5.75 Å². The van der Waals surface area contributed by atoms with E-state index in [1.54, 1.807) is 37.5 Å². The largest absolute Gasteiger partial charge is 0.494 e. The number of pyridine rings is 1. The van der Waals surface area contributed by atoms with Crippen LogP contribution < -0.4 is 15.6 Å². The molecule has 0 aliphatic rings. The van der Waals surface area contributed by atoms with Crippen molar-refractivity contribution in [2.24, 2.45) is 7.05 Å². The molecular formula is C23H20Cl2N4O2. The molecule has 6 nitrogen and oxygen atoms in total. The Morgan fingerprint density at radius 2 is 1.81 bits per heavy atom. The van der Waals surface area contributed by atoms with Gasteiger partial charge in [-0.1, -0.05) is 36.2 Å². The first kappa shape index (κ1) is 21.2. The van der Waals surface area contributed by atoms with E-state index in [0.717, 1.165) is 17.9 Å². The van der Waals surface area contributed by atoms with Crippen molar-refractivity contribution >= 4 is 45.9 Å². The highest BCUT2D eigenvalue weighted by atomic mass is 35.5. The van der Waals surface area contributed by atoms with E-state index >= 15 is 0 Å². The van der Waals surface area contributed by atoms with Gasteiger partial charge in [0.15, 0.2) is 0 Å². The van der Waals surface area contributed by atoms with Crippen LogP contribution in [0.1, 0.15) is 13.3 Å². The maximum atomic E-state index is 13.0. The van der Waals surface area contributed by atoms with E-state index in [9.17, 15) is 4.79 Å². The van der Waals surface area contributed by atoms with E-state index in [0.29, 0.717) is 44.8 Å². The van der Waals surface area contributed by atoms with E-state index in [4.69, 9.17) is 27.9 Å². The number of hydrogen-bond acceptors (Lipinski definition) is 5. The molecule has 0 saturated carbocycles. The molecule has 0 unspecified atom stereocenters. The summed E-state index contributed by atoms with van der Waals surface area (Å²) in [7, 11) is 1.66. The normalized spacial score (nSPS) is 11.0. The minimum absolute atomic E-state index is 0.246. The van der Waals surface area contributed by atoms with Crippen LogP contribution in [0.2, 0.25) is 10.0 Å². The first-order chi connectivity index (χ1) is 15.0. The summed E-state index contributed by atoms with van der Waals surface area (Å²) in [5.41, 5.74) is 1.97. The molecule has 0 amide bonds. The second-order valence-corrected chi connectivity index (χ2v) is 7.80. The molecule has 2 aromatic heterocycles. The maximum Gasteiger partial charge on any atom is 0.259 e. The Labute approximate surface area is 189 Å². The second-order valence-electron chi connectivity index (χ2n) is 6.99. The van der Waals surface area contributed by atoms with Gasteiger partial charge in [-0.3, -0.25) is 9.36 Å². The average Bonchev–Trinajstić information content (AvgIpc) is 2.77. The number of anilines is 2. The lowest BCUT2D eigenvalue weighted by molar-refractivity contribution is 0.317. The number of aromatic nitrogens is 3. The summed E-state index contributed by atoms with van der Waals surface area (Å²) in [6, 6.07) is 14.4. The summed E-state index contributed by atoms with van der Waals surface area (Å²) in [6.45, 7) is 2.74. The van der Waals surface area contributed by atoms with Gasteiger partial charge in [0.05, 0.1) is 22.2 Å². The Kier molecular flexibility index (Phi) is 6.11. The number of aryl methyl sites for hydroxylation is 1. The van der Waals surface area contributed by atoms with Crippen molar-refractivity contribution in [1.82, 2.24) is 14.5 Å². The summed E-state index contributed by atoms with van der Waals surface area (Å²) in [5.74, 6) is 1.19. The zero-order chi connectivity index (χ0) is 22.0. The van der Waals surface area contributed by atoms with Gasteiger partial charge in [-0.2, -0.15) is 4.98 Å². The van der Waals surface area contributed by atoms with Crippen LogP contribution in [0, 0.1) is 0 Å². The molecule has 1 N–H and O–H groups in total. The van der Waals surface area contributed by atoms with Gasteiger partial charge in [0.25, 0.3) is 5.56 Å². The molecule has 0 saturated heterocycles. The summed E-state index contributed by atoms with van der Waals surface area (Å²) < 4.78 is 7.07. The number of nitrogens with zero attached hydrogens (tertiary/aromatic N) is 3. The number of rotatable bonds is 6. The number of benzene rings is 2. The monoisotopic (exact) mass is 454 g/mol. The Morgan fingerprint density at radius 3 is 2.48 bits per heavy atom. The summed E-state index contributed by atoms with van der Waals surface area (Å²) >= 11 is 12.6. The number of ether oxygens (including phenoxy) is 1. The predicted octanol–water partition coefficient (Wildman–Crippen LogP) is 5.83. The summed E-state index contributed by atoms with van der Waals surface area (Å²) in [5, 5.41) is 4.67. The molecule has 158 valence electrons. The van der Waals surface area contributed by atoms with E-state index in [1.165, 1.54) is 4.57 Å². The molecule has 2 aromatic carbocycles. The smallest absolute Gasteiger partial charge is 0.259 e. The fourth-order valence-electron chi connectivity index (χ4n) is 3.22. The number of nitrogens with one attached hydrogen (secondary N) is 1. The van der Waals surface area contributed by atoms with Gasteiger partial charge in [-0.05, 0) is 48.9 Å². The Hall–Kier alpha value is -3.09. The molecule has 0 fully saturated rings. The van der Waals surface area contributed by atoms with Gasteiger partial charge in [0.1, 0.15) is 11.4 Å². The third-order valence-electron chi connectivity index (χ3n) is 4.76. The minimum atomic E-state index is -0.246. The quantitative estimate of drug-likeness (QED) is 0.396. The summed E-state index contributed by atoms with van der Waals surface area (Å²) in [6.07, 6.45) is 2.62. The fraction of sp³-hybridized carbons (Fsp3) is 0.174. The molecule has 8 heteroatoms. The lowest BCUT2D eigenvalue weighted by Gasteiger charge is -2.12. The number of hydrogen-bond donors (Lipinski definition) is 1. The molecule has 0 spiro atoms. The van der Waals surface area contributed by atoms with E-state index < -0.39 is 0 Å². The molecule has 0 atom stereocenters. The van der Waals surface area contributed by atoms with Crippen LogP contribution in [0.15, 0.2) is 59.5 Å².